The van der Waals surface area contributed by atoms with E-state index in [-0.39, 0.29) is 17.5 Å². The zero-order chi connectivity index (χ0) is 25.1. The summed E-state index contributed by atoms with van der Waals surface area (Å²) in [5.74, 6) is 1.11. The third kappa shape index (κ3) is 4.57. The Morgan fingerprint density at radius 2 is 1.42 bits per heavy atom. The van der Waals surface area contributed by atoms with Crippen molar-refractivity contribution in [3.8, 4) is 5.75 Å². The first-order valence-corrected chi connectivity index (χ1v) is 13.1. The van der Waals surface area contributed by atoms with Crippen molar-refractivity contribution >= 4 is 21.5 Å². The molecule has 0 amide bonds. The number of aryl methyl sites for hydroxylation is 1. The highest BCUT2D eigenvalue weighted by molar-refractivity contribution is 7.89. The number of ether oxygens (including phenoxy) is 1. The van der Waals surface area contributed by atoms with Gasteiger partial charge >= 0.3 is 0 Å². The Labute approximate surface area is 212 Å². The number of hydrazone groups is 1. The average Bonchev–Trinajstić information content (AvgIpc) is 2.93. The Morgan fingerprint density at radius 1 is 0.806 bits per heavy atom. The van der Waals surface area contributed by atoms with Gasteiger partial charge < -0.3 is 4.74 Å². The molecule has 0 aliphatic carbocycles. The lowest BCUT2D eigenvalue weighted by Gasteiger charge is -2.40. The minimum atomic E-state index is -3.88. The Kier molecular flexibility index (Phi) is 6.48. The van der Waals surface area contributed by atoms with E-state index in [0.717, 1.165) is 28.1 Å². The van der Waals surface area contributed by atoms with Crippen LogP contribution in [0.4, 0.5) is 5.69 Å². The van der Waals surface area contributed by atoms with Crippen LogP contribution in [0.25, 0.3) is 0 Å². The van der Waals surface area contributed by atoms with Crippen molar-refractivity contribution in [1.29, 1.82) is 0 Å². The van der Waals surface area contributed by atoms with Gasteiger partial charge in [-0.3, -0.25) is 5.01 Å². The van der Waals surface area contributed by atoms with Gasteiger partial charge in [0.1, 0.15) is 5.75 Å². The van der Waals surface area contributed by atoms with E-state index in [2.05, 4.69) is 0 Å². The molecular weight excluding hydrogens is 470 g/mol. The smallest absolute Gasteiger partial charge is 0.265 e. The summed E-state index contributed by atoms with van der Waals surface area (Å²) in [5, 5.41) is 6.88. The molecule has 1 atom stereocenters. The molecule has 1 aliphatic rings. The van der Waals surface area contributed by atoms with Crippen molar-refractivity contribution < 1.29 is 13.2 Å². The van der Waals surface area contributed by atoms with Crippen LogP contribution in [0.5, 0.6) is 5.75 Å². The van der Waals surface area contributed by atoms with Crippen LogP contribution < -0.4 is 9.75 Å². The first-order valence-electron chi connectivity index (χ1n) is 11.7. The highest BCUT2D eigenvalue weighted by Gasteiger charge is 2.38. The highest BCUT2D eigenvalue weighted by Crippen LogP contribution is 2.36. The Balaban J connectivity index is 1.70. The quantitative estimate of drug-likeness (QED) is 0.347. The van der Waals surface area contributed by atoms with E-state index < -0.39 is 10.0 Å². The predicted octanol–water partition coefficient (Wildman–Crippen LogP) is 5.62. The fraction of sp³-hybridized carbons (Fsp3) is 0.138. The highest BCUT2D eigenvalue weighted by atomic mass is 32.2. The zero-order valence-corrected chi connectivity index (χ0v) is 21.0. The molecule has 1 unspecified atom stereocenters. The van der Waals surface area contributed by atoms with E-state index in [1.54, 1.807) is 19.2 Å². The van der Waals surface area contributed by atoms with E-state index in [4.69, 9.17) is 9.84 Å². The van der Waals surface area contributed by atoms with Crippen molar-refractivity contribution in [3.05, 3.63) is 126 Å². The normalized spacial score (nSPS) is 15.9. The standard InChI is InChI=1S/C29H27N3O3S/c1-22-13-19-27(20-14-22)36(33,34)31-21-28(23-9-5-3-6-10-23)32(25-15-17-26(35-2)18-16-25)30-29(31)24-11-7-4-8-12-24/h3-20,28H,21H2,1-2H3. The Hall–Kier alpha value is -4.10. The van der Waals surface area contributed by atoms with Gasteiger partial charge in [-0.15, -0.1) is 0 Å². The summed E-state index contributed by atoms with van der Waals surface area (Å²) in [6, 6.07) is 33.5. The largest absolute Gasteiger partial charge is 0.497 e. The van der Waals surface area contributed by atoms with E-state index in [1.807, 2.05) is 109 Å². The van der Waals surface area contributed by atoms with Crippen molar-refractivity contribution in [3.63, 3.8) is 0 Å². The lowest BCUT2D eigenvalue weighted by Crippen LogP contribution is -2.48. The van der Waals surface area contributed by atoms with Gasteiger partial charge in [-0.25, -0.2) is 12.7 Å². The van der Waals surface area contributed by atoms with E-state index >= 15 is 0 Å². The summed E-state index contributed by atoms with van der Waals surface area (Å²) < 4.78 is 34.8. The molecule has 0 aromatic heterocycles. The van der Waals surface area contributed by atoms with Crippen molar-refractivity contribution in [1.82, 2.24) is 4.31 Å². The van der Waals surface area contributed by atoms with Gasteiger partial charge in [0.15, 0.2) is 5.84 Å². The Bertz CT molecular complexity index is 1450. The molecule has 7 heteroatoms. The summed E-state index contributed by atoms with van der Waals surface area (Å²) in [4.78, 5) is 0.237. The van der Waals surface area contributed by atoms with Crippen LogP contribution in [0.15, 0.2) is 119 Å². The monoisotopic (exact) mass is 497 g/mol. The topological polar surface area (TPSA) is 62.2 Å². The van der Waals surface area contributed by atoms with E-state index in [1.165, 1.54) is 4.31 Å². The fourth-order valence-corrected chi connectivity index (χ4v) is 5.72. The average molecular weight is 498 g/mol. The van der Waals surface area contributed by atoms with Crippen LogP contribution in [0.2, 0.25) is 0 Å². The van der Waals surface area contributed by atoms with Gasteiger partial charge in [-0.2, -0.15) is 5.10 Å². The van der Waals surface area contributed by atoms with Crippen LogP contribution in [-0.2, 0) is 10.0 Å². The number of rotatable bonds is 6. The molecule has 0 saturated carbocycles. The number of amidine groups is 1. The number of methoxy groups -OCH3 is 1. The minimum absolute atomic E-state index is 0.194. The van der Waals surface area contributed by atoms with Gasteiger partial charge in [0.2, 0.25) is 0 Å². The molecule has 182 valence electrons. The molecule has 0 bridgehead atoms. The number of nitrogens with zero attached hydrogens (tertiary/aromatic N) is 3. The summed E-state index contributed by atoms with van der Waals surface area (Å²) in [6.45, 7) is 2.13. The van der Waals surface area contributed by atoms with Gasteiger partial charge in [0, 0.05) is 5.56 Å². The lowest BCUT2D eigenvalue weighted by atomic mass is 10.0. The zero-order valence-electron chi connectivity index (χ0n) is 20.2. The maximum absolute atomic E-state index is 14.0. The maximum Gasteiger partial charge on any atom is 0.265 e. The lowest BCUT2D eigenvalue weighted by molar-refractivity contribution is 0.414. The summed E-state index contributed by atoms with van der Waals surface area (Å²) in [6.07, 6.45) is 0. The minimum Gasteiger partial charge on any atom is -0.497 e. The second-order valence-electron chi connectivity index (χ2n) is 8.61. The van der Waals surface area contributed by atoms with Crippen molar-refractivity contribution in [2.45, 2.75) is 17.9 Å². The summed E-state index contributed by atoms with van der Waals surface area (Å²) in [7, 11) is -2.25. The van der Waals surface area contributed by atoms with E-state index in [0.29, 0.717) is 5.84 Å². The molecule has 0 N–H and O–H groups in total. The third-order valence-corrected chi connectivity index (χ3v) is 8.01. The van der Waals surface area contributed by atoms with Crippen molar-refractivity contribution in [2.24, 2.45) is 5.10 Å². The molecule has 0 saturated heterocycles. The number of hydrogen-bond acceptors (Lipinski definition) is 5. The summed E-state index contributed by atoms with van der Waals surface area (Å²) >= 11 is 0. The molecule has 1 aliphatic heterocycles. The fourth-order valence-electron chi connectivity index (χ4n) is 4.28. The molecule has 4 aromatic carbocycles. The molecular formula is C29H27N3O3S. The van der Waals surface area contributed by atoms with Crippen LogP contribution in [0.1, 0.15) is 22.7 Å². The molecule has 6 nitrogen and oxygen atoms in total. The molecule has 4 aromatic rings. The Morgan fingerprint density at radius 3 is 2.03 bits per heavy atom. The first kappa shape index (κ1) is 23.6. The second kappa shape index (κ2) is 9.87. The molecule has 5 rings (SSSR count). The summed E-state index contributed by atoms with van der Waals surface area (Å²) in [5.41, 5.74) is 3.52. The predicted molar refractivity (Wildman–Crippen MR) is 143 cm³/mol. The number of sulfonamides is 1. The number of hydrogen-bond donors (Lipinski definition) is 0. The number of benzene rings is 4. The van der Waals surface area contributed by atoms with Crippen LogP contribution in [0.3, 0.4) is 0 Å². The van der Waals surface area contributed by atoms with Crippen LogP contribution in [-0.4, -0.2) is 32.2 Å². The molecule has 0 radical (unpaired) electrons. The molecule has 36 heavy (non-hydrogen) atoms. The molecule has 0 spiro atoms. The van der Waals surface area contributed by atoms with Gasteiger partial charge in [0.05, 0.1) is 30.3 Å². The van der Waals surface area contributed by atoms with Crippen LogP contribution in [0, 0.1) is 6.92 Å². The molecule has 0 fully saturated rings. The van der Waals surface area contributed by atoms with E-state index in [9.17, 15) is 8.42 Å². The second-order valence-corrected chi connectivity index (χ2v) is 10.5. The first-order chi connectivity index (χ1) is 17.5. The third-order valence-electron chi connectivity index (χ3n) is 6.23. The molecule has 1 heterocycles. The van der Waals surface area contributed by atoms with Gasteiger partial charge in [0.25, 0.3) is 10.0 Å². The maximum atomic E-state index is 14.0. The van der Waals surface area contributed by atoms with Crippen LogP contribution >= 0.6 is 0 Å². The SMILES string of the molecule is COc1ccc(N2N=C(c3ccccc3)N(S(=O)(=O)c3ccc(C)cc3)CC2c2ccccc2)cc1. The van der Waals surface area contributed by atoms with Gasteiger partial charge in [-0.1, -0.05) is 78.4 Å². The van der Waals surface area contributed by atoms with Gasteiger partial charge in [-0.05, 0) is 48.9 Å². The van der Waals surface area contributed by atoms with Crippen molar-refractivity contribution in [2.75, 3.05) is 18.7 Å². The number of anilines is 1.